The molecule has 0 unspecified atom stereocenters. The molecule has 0 bridgehead atoms. The van der Waals surface area contributed by atoms with Gasteiger partial charge in [0.05, 0.1) is 214 Å². The van der Waals surface area contributed by atoms with Crippen molar-refractivity contribution in [2.24, 2.45) is 0 Å². The highest BCUT2D eigenvalue weighted by Crippen LogP contribution is 1.95. The third-order valence-corrected chi connectivity index (χ3v) is 12.3. The van der Waals surface area contributed by atoms with Crippen LogP contribution in [0.5, 0.6) is 0 Å². The Bertz CT molecular complexity index is 842. The van der Waals surface area contributed by atoms with Crippen LogP contribution in [0.2, 0.25) is 0 Å². The molecule has 0 atom stereocenters. The molecule has 0 radical (unpaired) electrons. The van der Waals surface area contributed by atoms with Crippen LogP contribution in [-0.4, -0.2) is 253 Å². The first-order valence-electron chi connectivity index (χ1n) is 23.4. The molecule has 65 heavy (non-hydrogen) atoms. The van der Waals surface area contributed by atoms with Crippen LogP contribution in [0.25, 0.3) is 0 Å². The first kappa shape index (κ1) is 85.8. The summed E-state index contributed by atoms with van der Waals surface area (Å²) in [5.74, 6) is -8.74. The number of nitrogens with zero attached hydrogens (tertiary/aromatic N) is 7. The molecule has 19 heteroatoms. The van der Waals surface area contributed by atoms with Gasteiger partial charge in [-0.05, 0) is 96.9 Å². The Balaban J connectivity index is -0.0000000648. The van der Waals surface area contributed by atoms with Crippen molar-refractivity contribution in [2.75, 3.05) is 190 Å². The number of hydrogen-bond acceptors (Lipinski definition) is 11. The van der Waals surface area contributed by atoms with Crippen molar-refractivity contribution in [3.05, 3.63) is 0 Å². The molecule has 0 spiro atoms. The first-order chi connectivity index (χ1) is 28.9. The molecule has 0 aromatic carbocycles. The van der Waals surface area contributed by atoms with Gasteiger partial charge in [-0.2, -0.15) is 0 Å². The molecule has 0 aromatic rings. The van der Waals surface area contributed by atoms with E-state index in [1.165, 1.54) is 91.6 Å². The molecule has 0 amide bonds. The number of carboxylic acids is 4. The Morgan fingerprint density at radius 2 is 0.292 bits per heavy atom. The van der Waals surface area contributed by atoms with Crippen molar-refractivity contribution in [1.82, 2.24) is 0 Å². The molecule has 400 valence electrons. The summed E-state index contributed by atoms with van der Waals surface area (Å²) in [6, 6.07) is 0. The van der Waals surface area contributed by atoms with E-state index in [1.807, 2.05) is 0 Å². The van der Waals surface area contributed by atoms with Gasteiger partial charge in [0, 0.05) is 0 Å². The number of aliphatic carboxylic acids is 4. The van der Waals surface area contributed by atoms with E-state index in [1.54, 1.807) is 0 Å². The highest BCUT2D eigenvalue weighted by atomic mass is 16.5. The Labute approximate surface area is 403 Å². The van der Waals surface area contributed by atoms with Crippen LogP contribution in [0.3, 0.4) is 0 Å². The summed E-state index contributed by atoms with van der Waals surface area (Å²) in [6.07, 6.45) is 0. The average Bonchev–Trinajstić information content (AvgIpc) is 3.25. The van der Waals surface area contributed by atoms with Crippen molar-refractivity contribution < 1.29 is 86.1 Å². The minimum absolute atomic E-state index is 1.14. The zero-order valence-electron chi connectivity index (χ0n) is 48.1. The van der Waals surface area contributed by atoms with Crippen LogP contribution >= 0.6 is 0 Å². The zero-order chi connectivity index (χ0) is 55.3. The summed E-state index contributed by atoms with van der Waals surface area (Å²) in [6.45, 7) is 48.2. The minimum Gasteiger partial charge on any atom is -0.907 e. The summed E-state index contributed by atoms with van der Waals surface area (Å²) >= 11 is 0. The number of quaternary nitrogens is 7. The van der Waals surface area contributed by atoms with E-state index >= 15 is 0 Å². The highest BCUT2D eigenvalue weighted by molar-refractivity contribution is 6.25. The summed E-state index contributed by atoms with van der Waals surface area (Å²) in [7, 11) is 28.4. The summed E-state index contributed by atoms with van der Waals surface area (Å²) in [5, 5.41) is 61.0. The lowest BCUT2D eigenvalue weighted by Crippen LogP contribution is -2.56. The molecule has 0 aliphatic rings. The SMILES string of the molecule is CC[N+](C)(C)CC.CC[N+](C)(C)CC.CC[N+](C)(C)CC.CC[N+](C)(C)CC.CC[N+](C)(C)CC.CC[N+](C)(C)CC.CC[N+](C)(C)CC.O=C([O-])C(=O)[O-].O=C([O-])C(=O)[O-].[O-]B([O-])[O-]. The maximum absolute atomic E-state index is 8.93. The zero-order valence-corrected chi connectivity index (χ0v) is 48.1. The van der Waals surface area contributed by atoms with Gasteiger partial charge in [-0.25, -0.2) is 0 Å². The average molecular weight is 950 g/mol. The van der Waals surface area contributed by atoms with Crippen molar-refractivity contribution in [3.63, 3.8) is 0 Å². The molecular formula is C46H112BN7O11. The number of rotatable bonds is 14. The van der Waals surface area contributed by atoms with Crippen molar-refractivity contribution >= 4 is 31.2 Å². The van der Waals surface area contributed by atoms with Gasteiger partial charge in [0.2, 0.25) is 0 Å². The second kappa shape index (κ2) is 48.0. The molecule has 0 heterocycles. The number of hydrogen-bond donors (Lipinski definition) is 0. The van der Waals surface area contributed by atoms with Crippen molar-refractivity contribution in [3.8, 4) is 0 Å². The van der Waals surface area contributed by atoms with Gasteiger partial charge in [0.1, 0.15) is 0 Å². The van der Waals surface area contributed by atoms with Gasteiger partial charge in [0.25, 0.3) is 0 Å². The standard InChI is InChI=1S/7C6H16N.2C2H2O4.BO3/c7*1-5-7(3,4)6-2;2*3-1(4)2(5)6;2-1(3)4/h7*5-6H2,1-4H3;2*(H,3,4)(H,5,6);/q7*+1;;;-3/p-4. The highest BCUT2D eigenvalue weighted by Gasteiger charge is 2.08. The fourth-order valence-corrected chi connectivity index (χ4v) is 1.57. The topological polar surface area (TPSA) is 230 Å². The lowest BCUT2D eigenvalue weighted by molar-refractivity contribution is -0.886. The van der Waals surface area contributed by atoms with Crippen molar-refractivity contribution in [1.29, 1.82) is 0 Å². The van der Waals surface area contributed by atoms with E-state index in [4.69, 9.17) is 54.7 Å². The van der Waals surface area contributed by atoms with Crippen LogP contribution < -0.4 is 35.5 Å². The second-order valence-electron chi connectivity index (χ2n) is 19.4. The maximum atomic E-state index is 8.93. The fraction of sp³-hybridized carbons (Fsp3) is 0.913. The largest absolute Gasteiger partial charge is 0.907 e. The maximum Gasteiger partial charge on any atom is 0.0870 e. The number of carbonyl (C=O) groups is 4. The van der Waals surface area contributed by atoms with Crippen LogP contribution in [0.15, 0.2) is 0 Å². The van der Waals surface area contributed by atoms with Gasteiger partial charge < -0.3 is 86.1 Å². The third-order valence-electron chi connectivity index (χ3n) is 12.3. The molecule has 0 N–H and O–H groups in total. The Morgan fingerprint density at radius 1 is 0.246 bits per heavy atom. The van der Waals surface area contributed by atoms with Gasteiger partial charge >= 0.3 is 0 Å². The smallest absolute Gasteiger partial charge is 0.0870 e. The predicted octanol–water partition coefficient (Wildman–Crippen LogP) is -3.26. The molecule has 0 aliphatic carbocycles. The summed E-state index contributed by atoms with van der Waals surface area (Å²) in [5.41, 5.74) is 0. The predicted molar refractivity (Wildman–Crippen MR) is 258 cm³/mol. The summed E-state index contributed by atoms with van der Waals surface area (Å²) in [4.78, 5) is 35.7. The number of carbonyl (C=O) groups excluding carboxylic acids is 4. The van der Waals surface area contributed by atoms with Crippen LogP contribution in [0, 0.1) is 0 Å². The number of carboxylic acid groups (broad SMARTS) is 4. The molecule has 0 fully saturated rings. The van der Waals surface area contributed by atoms with Crippen LogP contribution in [0.4, 0.5) is 0 Å². The minimum atomic E-state index is -2.92. The van der Waals surface area contributed by atoms with Gasteiger partial charge in [0.15, 0.2) is 0 Å². The molecule has 0 rings (SSSR count). The van der Waals surface area contributed by atoms with E-state index in [9.17, 15) is 0 Å². The lowest BCUT2D eigenvalue weighted by Gasteiger charge is -2.35. The molecule has 0 saturated heterocycles. The quantitative estimate of drug-likeness (QED) is 0.0954. The van der Waals surface area contributed by atoms with Crippen LogP contribution in [-0.2, 0) is 19.2 Å². The first-order valence-corrected chi connectivity index (χ1v) is 23.4. The molecular weight excluding hydrogens is 837 g/mol. The normalized spacial score (nSPS) is 10.8. The Hall–Kier alpha value is -2.46. The Morgan fingerprint density at radius 3 is 0.292 bits per heavy atom. The molecule has 0 saturated carbocycles. The lowest BCUT2D eigenvalue weighted by atomic mass is 10.3. The van der Waals surface area contributed by atoms with E-state index in [2.05, 4.69) is 196 Å². The summed E-state index contributed by atoms with van der Waals surface area (Å²) < 4.78 is 7.97. The van der Waals surface area contributed by atoms with Gasteiger partial charge in [-0.1, -0.05) is 0 Å². The monoisotopic (exact) mass is 950 g/mol. The molecule has 0 aromatic heterocycles. The van der Waals surface area contributed by atoms with Gasteiger partial charge in [-0.15, -0.1) is 0 Å². The molecule has 18 nitrogen and oxygen atoms in total. The molecule has 0 aliphatic heterocycles. The van der Waals surface area contributed by atoms with Crippen LogP contribution in [0.1, 0.15) is 96.9 Å². The van der Waals surface area contributed by atoms with Gasteiger partial charge in [-0.3, -0.25) is 7.32 Å². The van der Waals surface area contributed by atoms with E-state index in [-0.39, 0.29) is 0 Å². The third kappa shape index (κ3) is 96.5. The van der Waals surface area contributed by atoms with Crippen molar-refractivity contribution in [2.45, 2.75) is 96.9 Å². The van der Waals surface area contributed by atoms with E-state index < -0.39 is 31.2 Å². The fourth-order valence-electron chi connectivity index (χ4n) is 1.57. The Kier molecular flexibility index (Phi) is 63.4. The van der Waals surface area contributed by atoms with E-state index in [0.717, 1.165) is 31.4 Å². The second-order valence-corrected chi connectivity index (χ2v) is 19.4. The van der Waals surface area contributed by atoms with E-state index in [0.29, 0.717) is 0 Å².